The molecule has 5 rings (SSSR count). The van der Waals surface area contributed by atoms with Crippen LogP contribution < -0.4 is 14.5 Å². The maximum atomic E-state index is 13.0. The fourth-order valence-electron chi connectivity index (χ4n) is 5.09. The van der Waals surface area contributed by atoms with Gasteiger partial charge >= 0.3 is 5.97 Å². The second kappa shape index (κ2) is 8.56. The van der Waals surface area contributed by atoms with Gasteiger partial charge in [0.05, 0.1) is 23.4 Å². The first kappa shape index (κ1) is 22.1. The molecular formula is C27H26N2O5. The molecule has 34 heavy (non-hydrogen) atoms. The van der Waals surface area contributed by atoms with E-state index in [9.17, 15) is 19.2 Å². The normalized spacial score (nSPS) is 24.4. The van der Waals surface area contributed by atoms with Crippen molar-refractivity contribution in [1.82, 2.24) is 0 Å². The number of allylic oxidation sites excluding steroid dienone is 2. The second-order valence-electron chi connectivity index (χ2n) is 9.38. The molecule has 2 heterocycles. The van der Waals surface area contributed by atoms with Gasteiger partial charge in [-0.15, -0.1) is 0 Å². The summed E-state index contributed by atoms with van der Waals surface area (Å²) in [6.45, 7) is 4.18. The molecule has 0 unspecified atom stereocenters. The zero-order chi connectivity index (χ0) is 24.0. The Morgan fingerprint density at radius 1 is 0.912 bits per heavy atom. The number of fused-ring (bicyclic) bond motifs is 1. The van der Waals surface area contributed by atoms with Crippen LogP contribution in [0.2, 0.25) is 0 Å². The van der Waals surface area contributed by atoms with Crippen molar-refractivity contribution in [2.24, 2.45) is 17.8 Å². The molecule has 0 spiro atoms. The summed E-state index contributed by atoms with van der Waals surface area (Å²) in [5.74, 6) is -2.06. The van der Waals surface area contributed by atoms with Crippen LogP contribution in [-0.4, -0.2) is 30.2 Å². The molecule has 2 aliphatic heterocycles. The van der Waals surface area contributed by atoms with Crippen LogP contribution >= 0.6 is 0 Å². The van der Waals surface area contributed by atoms with Gasteiger partial charge in [0.25, 0.3) is 0 Å². The van der Waals surface area contributed by atoms with E-state index in [2.05, 4.69) is 0 Å². The predicted molar refractivity (Wildman–Crippen MR) is 126 cm³/mol. The molecule has 7 heteroatoms. The van der Waals surface area contributed by atoms with Crippen LogP contribution in [0.3, 0.4) is 0 Å². The van der Waals surface area contributed by atoms with Crippen molar-refractivity contribution < 1.29 is 23.9 Å². The third-order valence-corrected chi connectivity index (χ3v) is 6.89. The smallest absolute Gasteiger partial charge is 0.316 e. The Hall–Kier alpha value is -3.74. The van der Waals surface area contributed by atoms with Crippen LogP contribution in [0, 0.1) is 24.7 Å². The van der Waals surface area contributed by atoms with Gasteiger partial charge in [0.15, 0.2) is 0 Å². The molecule has 3 atom stereocenters. The Kier molecular flexibility index (Phi) is 5.55. The maximum absolute atomic E-state index is 13.0. The molecule has 0 saturated carbocycles. The number of carbonyl (C=O) groups excluding carboxylic acids is 4. The molecule has 2 fully saturated rings. The van der Waals surface area contributed by atoms with Gasteiger partial charge in [-0.3, -0.25) is 19.2 Å². The third-order valence-electron chi connectivity index (χ3n) is 6.89. The van der Waals surface area contributed by atoms with Crippen LogP contribution in [0.15, 0.2) is 60.2 Å². The van der Waals surface area contributed by atoms with Gasteiger partial charge < -0.3 is 9.64 Å². The summed E-state index contributed by atoms with van der Waals surface area (Å²) in [7, 11) is 0. The lowest BCUT2D eigenvalue weighted by atomic mass is 9.82. The van der Waals surface area contributed by atoms with Crippen molar-refractivity contribution in [1.29, 1.82) is 0 Å². The molecule has 1 aliphatic carbocycles. The standard InChI is InChI=1S/C27H26N2O5/c1-16-5-3-6-19(11-16)28-15-18(13-24(28)30)27(33)34-21-8-4-7-20(14-21)29-25(31)22-10-9-17(2)12-23(22)26(29)32/h3-9,11,14,18,22-23H,10,12-13,15H2,1-2H3/t18-,22+,23-/m1/s1. The van der Waals surface area contributed by atoms with E-state index in [1.165, 1.54) is 4.90 Å². The van der Waals surface area contributed by atoms with Crippen LogP contribution in [0.25, 0.3) is 0 Å². The first-order valence-corrected chi connectivity index (χ1v) is 11.5. The number of ether oxygens (including phenoxy) is 1. The summed E-state index contributed by atoms with van der Waals surface area (Å²) >= 11 is 0. The van der Waals surface area contributed by atoms with Gasteiger partial charge in [-0.05, 0) is 56.5 Å². The lowest BCUT2D eigenvalue weighted by molar-refractivity contribution is -0.139. The zero-order valence-electron chi connectivity index (χ0n) is 19.2. The first-order valence-electron chi connectivity index (χ1n) is 11.5. The van der Waals surface area contributed by atoms with Gasteiger partial charge in [0.1, 0.15) is 5.75 Å². The highest BCUT2D eigenvalue weighted by Crippen LogP contribution is 2.40. The van der Waals surface area contributed by atoms with Gasteiger partial charge in [0, 0.05) is 24.7 Å². The minimum Gasteiger partial charge on any atom is -0.426 e. The summed E-state index contributed by atoms with van der Waals surface area (Å²) in [6.07, 6.45) is 3.26. The molecule has 2 aromatic carbocycles. The average molecular weight is 459 g/mol. The quantitative estimate of drug-likeness (QED) is 0.301. The molecule has 2 saturated heterocycles. The fourth-order valence-corrected chi connectivity index (χ4v) is 5.09. The summed E-state index contributed by atoms with van der Waals surface area (Å²) in [4.78, 5) is 54.2. The van der Waals surface area contributed by atoms with E-state index in [1.807, 2.05) is 44.2 Å². The van der Waals surface area contributed by atoms with E-state index in [0.29, 0.717) is 18.5 Å². The van der Waals surface area contributed by atoms with Crippen molar-refractivity contribution >= 4 is 35.1 Å². The average Bonchev–Trinajstić information content (AvgIpc) is 3.31. The summed E-state index contributed by atoms with van der Waals surface area (Å²) in [5, 5.41) is 0. The minimum absolute atomic E-state index is 0.0747. The molecule has 3 aliphatic rings. The van der Waals surface area contributed by atoms with E-state index in [1.54, 1.807) is 29.2 Å². The Morgan fingerprint density at radius 3 is 2.44 bits per heavy atom. The number of nitrogens with zero attached hydrogens (tertiary/aromatic N) is 2. The molecule has 2 aromatic rings. The number of amides is 3. The number of aryl methyl sites for hydroxylation is 1. The molecule has 0 radical (unpaired) electrons. The van der Waals surface area contributed by atoms with Crippen LogP contribution in [-0.2, 0) is 19.2 Å². The van der Waals surface area contributed by atoms with Crippen molar-refractivity contribution in [3.05, 3.63) is 65.7 Å². The maximum Gasteiger partial charge on any atom is 0.316 e. The molecular weight excluding hydrogens is 432 g/mol. The van der Waals surface area contributed by atoms with Crippen LogP contribution in [0.4, 0.5) is 11.4 Å². The monoisotopic (exact) mass is 458 g/mol. The number of hydrogen-bond acceptors (Lipinski definition) is 5. The van der Waals surface area contributed by atoms with Gasteiger partial charge in [-0.2, -0.15) is 0 Å². The Balaban J connectivity index is 1.29. The van der Waals surface area contributed by atoms with Crippen LogP contribution in [0.5, 0.6) is 5.75 Å². The van der Waals surface area contributed by atoms with Crippen molar-refractivity contribution in [3.8, 4) is 5.75 Å². The number of hydrogen-bond donors (Lipinski definition) is 0. The molecule has 174 valence electrons. The summed E-state index contributed by atoms with van der Waals surface area (Å²) in [6, 6.07) is 14.1. The van der Waals surface area contributed by atoms with Gasteiger partial charge in [-0.25, -0.2) is 4.90 Å². The van der Waals surface area contributed by atoms with Gasteiger partial charge in [0.2, 0.25) is 17.7 Å². The highest BCUT2D eigenvalue weighted by atomic mass is 16.5. The molecule has 0 aromatic heterocycles. The highest BCUT2D eigenvalue weighted by molar-refractivity contribution is 6.22. The first-order chi connectivity index (χ1) is 16.3. The number of esters is 1. The van der Waals surface area contributed by atoms with Gasteiger partial charge in [-0.1, -0.05) is 29.8 Å². The molecule has 0 bridgehead atoms. The zero-order valence-corrected chi connectivity index (χ0v) is 19.2. The number of benzene rings is 2. The number of carbonyl (C=O) groups is 4. The third kappa shape index (κ3) is 3.91. The molecule has 3 amide bonds. The van der Waals surface area contributed by atoms with E-state index in [-0.39, 0.29) is 48.3 Å². The van der Waals surface area contributed by atoms with E-state index < -0.39 is 11.9 Å². The largest absolute Gasteiger partial charge is 0.426 e. The lowest BCUT2D eigenvalue weighted by Gasteiger charge is -2.18. The predicted octanol–water partition coefficient (Wildman–Crippen LogP) is 3.80. The fraction of sp³-hybridized carbons (Fsp3) is 0.333. The summed E-state index contributed by atoms with van der Waals surface area (Å²) in [5.41, 5.74) is 3.32. The van der Waals surface area contributed by atoms with Crippen molar-refractivity contribution in [2.45, 2.75) is 33.1 Å². The molecule has 7 nitrogen and oxygen atoms in total. The van der Waals surface area contributed by atoms with Crippen molar-refractivity contribution in [2.75, 3.05) is 16.3 Å². The Bertz CT molecular complexity index is 1230. The summed E-state index contributed by atoms with van der Waals surface area (Å²) < 4.78 is 5.58. The van der Waals surface area contributed by atoms with E-state index in [4.69, 9.17) is 4.74 Å². The SMILES string of the molecule is CC1=CC[C@@H]2C(=O)N(c3cccc(OC(=O)[C@@H]4CC(=O)N(c5cccc(C)c5)C4)c3)C(=O)[C@@H]2C1. The van der Waals surface area contributed by atoms with Crippen molar-refractivity contribution in [3.63, 3.8) is 0 Å². The number of anilines is 2. The van der Waals surface area contributed by atoms with Crippen LogP contribution in [0.1, 0.15) is 31.7 Å². The molecule has 0 N–H and O–H groups in total. The minimum atomic E-state index is -0.594. The topological polar surface area (TPSA) is 84.0 Å². The Morgan fingerprint density at radius 2 is 1.65 bits per heavy atom. The number of rotatable bonds is 4. The van der Waals surface area contributed by atoms with E-state index >= 15 is 0 Å². The lowest BCUT2D eigenvalue weighted by Crippen LogP contribution is -2.31. The highest BCUT2D eigenvalue weighted by Gasteiger charge is 2.48. The Labute approximate surface area is 198 Å². The number of imide groups is 1. The second-order valence-corrected chi connectivity index (χ2v) is 9.38. The van der Waals surface area contributed by atoms with E-state index in [0.717, 1.165) is 16.8 Å².